The van der Waals surface area contributed by atoms with Gasteiger partial charge in [-0.1, -0.05) is 23.7 Å². The van der Waals surface area contributed by atoms with Crippen LogP contribution in [0.1, 0.15) is 0 Å². The van der Waals surface area contributed by atoms with Crippen LogP contribution in [0.5, 0.6) is 17.2 Å². The summed E-state index contributed by atoms with van der Waals surface area (Å²) in [6.45, 7) is 0. The number of halogens is 1. The molecule has 0 spiro atoms. The first-order valence-corrected chi connectivity index (χ1v) is 8.78. The molecule has 28 heavy (non-hydrogen) atoms. The van der Waals surface area contributed by atoms with Crippen molar-refractivity contribution < 1.29 is 19.4 Å². The Morgan fingerprint density at radius 2 is 1.68 bits per heavy atom. The molecular weight excluding hydrogens is 380 g/mol. The second kappa shape index (κ2) is 6.94. The summed E-state index contributed by atoms with van der Waals surface area (Å²) in [6.07, 6.45) is 0. The standard InChI is InChI=1S/C22H15ClO5/c1-27-21-10-15(25)8-17(22(21)12-2-4-13(23)5-3-12)20-11-18(26)16-7-6-14(24)9-19(16)28-20/h2-11,24-25H,1H3. The van der Waals surface area contributed by atoms with Crippen LogP contribution in [-0.2, 0) is 0 Å². The fourth-order valence-corrected chi connectivity index (χ4v) is 3.27. The second-order valence-corrected chi connectivity index (χ2v) is 6.67. The minimum atomic E-state index is -0.263. The molecule has 5 nitrogen and oxygen atoms in total. The summed E-state index contributed by atoms with van der Waals surface area (Å²) in [4.78, 5) is 12.6. The highest BCUT2D eigenvalue weighted by Gasteiger charge is 2.18. The largest absolute Gasteiger partial charge is 0.508 e. The molecule has 0 atom stereocenters. The number of aromatic hydroxyl groups is 2. The van der Waals surface area contributed by atoms with Gasteiger partial charge in [0.2, 0.25) is 0 Å². The van der Waals surface area contributed by atoms with E-state index in [0.717, 1.165) is 5.56 Å². The normalized spacial score (nSPS) is 10.9. The Balaban J connectivity index is 2.04. The summed E-state index contributed by atoms with van der Waals surface area (Å²) in [6, 6.07) is 15.7. The number of ether oxygens (including phenoxy) is 1. The first-order chi connectivity index (χ1) is 13.5. The SMILES string of the molecule is COc1cc(O)cc(-c2cc(=O)c3ccc(O)cc3o2)c1-c1ccc(Cl)cc1. The van der Waals surface area contributed by atoms with Gasteiger partial charge in [0.15, 0.2) is 5.43 Å². The maximum absolute atomic E-state index is 12.6. The third-order valence-electron chi connectivity index (χ3n) is 4.42. The van der Waals surface area contributed by atoms with E-state index in [2.05, 4.69) is 0 Å². The summed E-state index contributed by atoms with van der Waals surface area (Å²) in [5.41, 5.74) is 1.86. The number of benzene rings is 3. The van der Waals surface area contributed by atoms with Crippen LogP contribution in [0.15, 0.2) is 69.9 Å². The molecule has 0 aliphatic carbocycles. The molecular formula is C22H15ClO5. The highest BCUT2D eigenvalue weighted by molar-refractivity contribution is 6.30. The van der Waals surface area contributed by atoms with Crippen LogP contribution in [0.25, 0.3) is 33.4 Å². The number of fused-ring (bicyclic) bond motifs is 1. The maximum atomic E-state index is 12.6. The third-order valence-corrected chi connectivity index (χ3v) is 4.67. The minimum absolute atomic E-state index is 0.0146. The molecule has 140 valence electrons. The molecule has 0 aliphatic rings. The lowest BCUT2D eigenvalue weighted by Crippen LogP contribution is -2.01. The molecule has 0 saturated heterocycles. The van der Waals surface area contributed by atoms with Gasteiger partial charge in [-0.05, 0) is 35.9 Å². The van der Waals surface area contributed by atoms with Gasteiger partial charge < -0.3 is 19.4 Å². The van der Waals surface area contributed by atoms with Gasteiger partial charge in [-0.15, -0.1) is 0 Å². The Morgan fingerprint density at radius 3 is 2.39 bits per heavy atom. The van der Waals surface area contributed by atoms with Gasteiger partial charge in [-0.2, -0.15) is 0 Å². The third kappa shape index (κ3) is 3.17. The maximum Gasteiger partial charge on any atom is 0.193 e. The zero-order valence-electron chi connectivity index (χ0n) is 14.8. The van der Waals surface area contributed by atoms with E-state index >= 15 is 0 Å². The van der Waals surface area contributed by atoms with Gasteiger partial charge in [0.05, 0.1) is 12.5 Å². The van der Waals surface area contributed by atoms with Crippen molar-refractivity contribution in [3.05, 3.63) is 75.9 Å². The quantitative estimate of drug-likeness (QED) is 0.499. The predicted molar refractivity (Wildman–Crippen MR) is 108 cm³/mol. The lowest BCUT2D eigenvalue weighted by molar-refractivity contribution is 0.409. The summed E-state index contributed by atoms with van der Waals surface area (Å²) >= 11 is 6.00. The predicted octanol–water partition coefficient (Wildman–Crippen LogP) is 5.20. The fraction of sp³-hybridized carbons (Fsp3) is 0.0455. The molecule has 0 unspecified atom stereocenters. The average molecular weight is 395 g/mol. The number of methoxy groups -OCH3 is 1. The summed E-state index contributed by atoms with van der Waals surface area (Å²) < 4.78 is 11.4. The van der Waals surface area contributed by atoms with Crippen LogP contribution in [0.2, 0.25) is 5.02 Å². The van der Waals surface area contributed by atoms with Crippen LogP contribution >= 0.6 is 11.6 Å². The van der Waals surface area contributed by atoms with Gasteiger partial charge in [0.1, 0.15) is 28.6 Å². The highest BCUT2D eigenvalue weighted by Crippen LogP contribution is 2.42. The first kappa shape index (κ1) is 17.9. The average Bonchev–Trinajstić information content (AvgIpc) is 2.67. The smallest absolute Gasteiger partial charge is 0.193 e. The Bertz CT molecular complexity index is 1240. The van der Waals surface area contributed by atoms with Gasteiger partial charge >= 0.3 is 0 Å². The Labute approximate surface area is 165 Å². The topological polar surface area (TPSA) is 79.9 Å². The lowest BCUT2D eigenvalue weighted by Gasteiger charge is -2.15. The van der Waals surface area contributed by atoms with Gasteiger partial charge in [0.25, 0.3) is 0 Å². The van der Waals surface area contributed by atoms with Crippen LogP contribution in [-0.4, -0.2) is 17.3 Å². The molecule has 3 aromatic carbocycles. The zero-order chi connectivity index (χ0) is 19.8. The molecule has 0 amide bonds. The van der Waals surface area contributed by atoms with Crippen LogP contribution in [0.4, 0.5) is 0 Å². The van der Waals surface area contributed by atoms with Crippen molar-refractivity contribution in [1.29, 1.82) is 0 Å². The molecule has 4 aromatic rings. The molecule has 0 fully saturated rings. The molecule has 0 bridgehead atoms. The highest BCUT2D eigenvalue weighted by atomic mass is 35.5. The lowest BCUT2D eigenvalue weighted by atomic mass is 9.96. The number of rotatable bonds is 3. The van der Waals surface area contributed by atoms with Crippen LogP contribution in [0, 0.1) is 0 Å². The van der Waals surface area contributed by atoms with Crippen molar-refractivity contribution in [2.24, 2.45) is 0 Å². The van der Waals surface area contributed by atoms with Crippen molar-refractivity contribution in [1.82, 2.24) is 0 Å². The van der Waals surface area contributed by atoms with E-state index in [1.165, 1.54) is 43.5 Å². The molecule has 2 N–H and O–H groups in total. The number of hydrogen-bond acceptors (Lipinski definition) is 5. The van der Waals surface area contributed by atoms with E-state index in [-0.39, 0.29) is 28.3 Å². The van der Waals surface area contributed by atoms with E-state index in [0.29, 0.717) is 27.3 Å². The molecule has 1 heterocycles. The van der Waals surface area contributed by atoms with Crippen molar-refractivity contribution >= 4 is 22.6 Å². The molecule has 0 aliphatic heterocycles. The number of hydrogen-bond donors (Lipinski definition) is 2. The summed E-state index contributed by atoms with van der Waals surface area (Å²) in [7, 11) is 1.49. The van der Waals surface area contributed by atoms with Crippen molar-refractivity contribution in [2.45, 2.75) is 0 Å². The minimum Gasteiger partial charge on any atom is -0.508 e. The van der Waals surface area contributed by atoms with E-state index in [9.17, 15) is 15.0 Å². The zero-order valence-corrected chi connectivity index (χ0v) is 15.5. The van der Waals surface area contributed by atoms with Crippen LogP contribution < -0.4 is 10.2 Å². The molecule has 0 saturated carbocycles. The fourth-order valence-electron chi connectivity index (χ4n) is 3.15. The Morgan fingerprint density at radius 1 is 0.929 bits per heavy atom. The van der Waals surface area contributed by atoms with E-state index < -0.39 is 0 Å². The van der Waals surface area contributed by atoms with E-state index in [1.54, 1.807) is 12.1 Å². The van der Waals surface area contributed by atoms with Gasteiger partial charge in [0, 0.05) is 34.3 Å². The van der Waals surface area contributed by atoms with Crippen molar-refractivity contribution in [3.8, 4) is 39.7 Å². The number of phenolic OH excluding ortho intramolecular Hbond substituents is 2. The Hall–Kier alpha value is -3.44. The number of phenols is 2. The summed E-state index contributed by atoms with van der Waals surface area (Å²) in [5.74, 6) is 0.598. The molecule has 0 radical (unpaired) electrons. The van der Waals surface area contributed by atoms with E-state index in [4.69, 9.17) is 20.8 Å². The first-order valence-electron chi connectivity index (χ1n) is 8.40. The summed E-state index contributed by atoms with van der Waals surface area (Å²) in [5, 5.41) is 20.8. The molecule has 1 aromatic heterocycles. The molecule has 4 rings (SSSR count). The molecule has 6 heteroatoms. The Kier molecular flexibility index (Phi) is 4.45. The van der Waals surface area contributed by atoms with Crippen molar-refractivity contribution in [3.63, 3.8) is 0 Å². The van der Waals surface area contributed by atoms with Crippen molar-refractivity contribution in [2.75, 3.05) is 7.11 Å². The monoisotopic (exact) mass is 394 g/mol. The second-order valence-electron chi connectivity index (χ2n) is 6.23. The van der Waals surface area contributed by atoms with Crippen LogP contribution in [0.3, 0.4) is 0 Å². The van der Waals surface area contributed by atoms with E-state index in [1.807, 2.05) is 12.1 Å². The van der Waals surface area contributed by atoms with Gasteiger partial charge in [-0.3, -0.25) is 4.79 Å². The van der Waals surface area contributed by atoms with Gasteiger partial charge in [-0.25, -0.2) is 0 Å².